The highest BCUT2D eigenvalue weighted by atomic mass is 16.5. The third kappa shape index (κ3) is 4.21. The molecule has 1 aromatic rings. The van der Waals surface area contributed by atoms with Gasteiger partial charge in [0.05, 0.1) is 6.54 Å². The number of ether oxygens (including phenoxy) is 1. The minimum atomic E-state index is -0.974. The van der Waals surface area contributed by atoms with E-state index in [0.29, 0.717) is 19.5 Å². The van der Waals surface area contributed by atoms with Gasteiger partial charge in [-0.2, -0.15) is 0 Å². The van der Waals surface area contributed by atoms with Crippen LogP contribution in [0.1, 0.15) is 18.4 Å². The summed E-state index contributed by atoms with van der Waals surface area (Å²) in [5.74, 6) is -0.145. The molecule has 1 aliphatic rings. The van der Waals surface area contributed by atoms with Crippen molar-refractivity contribution in [3.8, 4) is 5.75 Å². The maximum atomic E-state index is 10.7. The first-order chi connectivity index (χ1) is 9.47. The van der Waals surface area contributed by atoms with Crippen molar-refractivity contribution in [3.05, 3.63) is 29.8 Å². The standard InChI is InChI=1S/C15H21NO4/c1-12-3-5-13(6-4-12)20-11-15(19)7-2-8-16(10-15)9-14(17)18/h3-6,19H,2,7-11H2,1H3,(H,17,18)/t15-/m0/s1. The van der Waals surface area contributed by atoms with Gasteiger partial charge in [0, 0.05) is 6.54 Å². The first-order valence-electron chi connectivity index (χ1n) is 6.83. The molecule has 1 aliphatic heterocycles. The van der Waals surface area contributed by atoms with Crippen LogP contribution in [-0.2, 0) is 4.79 Å². The zero-order valence-corrected chi connectivity index (χ0v) is 11.7. The molecular formula is C15H21NO4. The normalized spacial score (nSPS) is 23.5. The first kappa shape index (κ1) is 14.8. The Morgan fingerprint density at radius 1 is 1.40 bits per heavy atom. The number of carboxylic acids is 1. The molecule has 1 heterocycles. The molecule has 0 amide bonds. The molecule has 1 aromatic carbocycles. The Balaban J connectivity index is 1.89. The number of carbonyl (C=O) groups is 1. The van der Waals surface area contributed by atoms with E-state index in [0.717, 1.165) is 17.7 Å². The molecule has 0 aliphatic carbocycles. The van der Waals surface area contributed by atoms with Gasteiger partial charge in [-0.15, -0.1) is 0 Å². The molecule has 0 aromatic heterocycles. The zero-order valence-electron chi connectivity index (χ0n) is 11.7. The fourth-order valence-electron chi connectivity index (χ4n) is 2.50. The minimum absolute atomic E-state index is 0.0349. The summed E-state index contributed by atoms with van der Waals surface area (Å²) in [6.07, 6.45) is 1.41. The second kappa shape index (κ2) is 6.24. The van der Waals surface area contributed by atoms with Crippen LogP contribution >= 0.6 is 0 Å². The van der Waals surface area contributed by atoms with E-state index in [9.17, 15) is 9.90 Å². The molecule has 1 fully saturated rings. The van der Waals surface area contributed by atoms with Gasteiger partial charge in [-0.05, 0) is 38.4 Å². The summed E-state index contributed by atoms with van der Waals surface area (Å²) < 4.78 is 5.63. The van der Waals surface area contributed by atoms with Gasteiger partial charge in [0.1, 0.15) is 18.0 Å². The van der Waals surface area contributed by atoms with E-state index >= 15 is 0 Å². The maximum absolute atomic E-state index is 10.7. The summed E-state index contributed by atoms with van der Waals surface area (Å²) in [5, 5.41) is 19.3. The lowest BCUT2D eigenvalue weighted by Gasteiger charge is -2.38. The van der Waals surface area contributed by atoms with Crippen molar-refractivity contribution in [1.29, 1.82) is 0 Å². The van der Waals surface area contributed by atoms with Crippen LogP contribution in [0.25, 0.3) is 0 Å². The number of hydrogen-bond acceptors (Lipinski definition) is 4. The topological polar surface area (TPSA) is 70.0 Å². The van der Waals surface area contributed by atoms with E-state index in [-0.39, 0.29) is 13.2 Å². The molecule has 2 rings (SSSR count). The number of β-amino-alcohol motifs (C(OH)–C–C–N with tert-alkyl or cyclic N) is 1. The van der Waals surface area contributed by atoms with Gasteiger partial charge in [-0.1, -0.05) is 17.7 Å². The molecule has 0 bridgehead atoms. The van der Waals surface area contributed by atoms with Crippen molar-refractivity contribution in [2.24, 2.45) is 0 Å². The number of carboxylic acid groups (broad SMARTS) is 1. The fraction of sp³-hybridized carbons (Fsp3) is 0.533. The van der Waals surface area contributed by atoms with Gasteiger partial charge < -0.3 is 14.9 Å². The third-order valence-electron chi connectivity index (χ3n) is 3.52. The number of hydrogen-bond donors (Lipinski definition) is 2. The second-order valence-corrected chi connectivity index (χ2v) is 5.53. The molecule has 0 radical (unpaired) electrons. The maximum Gasteiger partial charge on any atom is 0.317 e. The van der Waals surface area contributed by atoms with Crippen LogP contribution in [0, 0.1) is 6.92 Å². The molecule has 2 N–H and O–H groups in total. The molecule has 5 heteroatoms. The molecule has 0 unspecified atom stereocenters. The summed E-state index contributed by atoms with van der Waals surface area (Å²) in [7, 11) is 0. The Labute approximate surface area is 118 Å². The van der Waals surface area contributed by atoms with Crippen LogP contribution in [0.5, 0.6) is 5.75 Å². The van der Waals surface area contributed by atoms with Crippen LogP contribution in [-0.4, -0.2) is 52.9 Å². The highest BCUT2D eigenvalue weighted by Crippen LogP contribution is 2.23. The monoisotopic (exact) mass is 279 g/mol. The predicted molar refractivity (Wildman–Crippen MR) is 74.9 cm³/mol. The smallest absolute Gasteiger partial charge is 0.317 e. The Hall–Kier alpha value is -1.59. The van der Waals surface area contributed by atoms with Crippen molar-refractivity contribution in [3.63, 3.8) is 0 Å². The predicted octanol–water partition coefficient (Wildman–Crippen LogP) is 1.29. The number of rotatable bonds is 5. The number of aryl methyl sites for hydroxylation is 1. The lowest BCUT2D eigenvalue weighted by atomic mass is 9.94. The van der Waals surface area contributed by atoms with Gasteiger partial charge in [-0.3, -0.25) is 9.69 Å². The van der Waals surface area contributed by atoms with E-state index in [2.05, 4.69) is 0 Å². The average molecular weight is 279 g/mol. The number of aliphatic carboxylic acids is 1. The van der Waals surface area contributed by atoms with E-state index in [1.54, 1.807) is 4.90 Å². The lowest BCUT2D eigenvalue weighted by molar-refractivity contribution is -0.140. The van der Waals surface area contributed by atoms with Crippen molar-refractivity contribution in [2.45, 2.75) is 25.4 Å². The van der Waals surface area contributed by atoms with Crippen LogP contribution < -0.4 is 4.74 Å². The largest absolute Gasteiger partial charge is 0.491 e. The third-order valence-corrected chi connectivity index (χ3v) is 3.52. The summed E-state index contributed by atoms with van der Waals surface area (Å²) >= 11 is 0. The van der Waals surface area contributed by atoms with Crippen molar-refractivity contribution >= 4 is 5.97 Å². The quantitative estimate of drug-likeness (QED) is 0.850. The van der Waals surface area contributed by atoms with E-state index in [4.69, 9.17) is 9.84 Å². The number of likely N-dealkylation sites (tertiary alicyclic amines) is 1. The molecule has 110 valence electrons. The average Bonchev–Trinajstić information content (AvgIpc) is 2.37. The fourth-order valence-corrected chi connectivity index (χ4v) is 2.50. The van der Waals surface area contributed by atoms with Crippen LogP contribution in [0.4, 0.5) is 0 Å². The van der Waals surface area contributed by atoms with E-state index in [1.807, 2.05) is 31.2 Å². The van der Waals surface area contributed by atoms with Crippen molar-refractivity contribution in [2.75, 3.05) is 26.2 Å². The Bertz CT molecular complexity index is 459. The summed E-state index contributed by atoms with van der Waals surface area (Å²) in [4.78, 5) is 12.5. The summed E-state index contributed by atoms with van der Waals surface area (Å²) in [5.41, 5.74) is 0.180. The van der Waals surface area contributed by atoms with Gasteiger partial charge in [0.2, 0.25) is 0 Å². The van der Waals surface area contributed by atoms with E-state index < -0.39 is 11.6 Å². The van der Waals surface area contributed by atoms with Gasteiger partial charge in [0.25, 0.3) is 0 Å². The van der Waals surface area contributed by atoms with Crippen LogP contribution in [0.15, 0.2) is 24.3 Å². The highest BCUT2D eigenvalue weighted by molar-refractivity contribution is 5.69. The summed E-state index contributed by atoms with van der Waals surface area (Å²) in [6, 6.07) is 7.65. The van der Waals surface area contributed by atoms with Crippen molar-refractivity contribution < 1.29 is 19.7 Å². The number of aliphatic hydroxyl groups is 1. The Kier molecular flexibility index (Phi) is 4.62. The van der Waals surface area contributed by atoms with Crippen LogP contribution in [0.2, 0.25) is 0 Å². The van der Waals surface area contributed by atoms with Gasteiger partial charge in [-0.25, -0.2) is 0 Å². The number of nitrogens with zero attached hydrogens (tertiary/aromatic N) is 1. The van der Waals surface area contributed by atoms with Gasteiger partial charge in [0.15, 0.2) is 0 Å². The Morgan fingerprint density at radius 2 is 2.10 bits per heavy atom. The molecule has 5 nitrogen and oxygen atoms in total. The molecule has 0 saturated carbocycles. The van der Waals surface area contributed by atoms with Gasteiger partial charge >= 0.3 is 5.97 Å². The summed E-state index contributed by atoms with van der Waals surface area (Å²) in [6.45, 7) is 3.20. The van der Waals surface area contributed by atoms with Crippen LogP contribution in [0.3, 0.4) is 0 Å². The zero-order chi connectivity index (χ0) is 14.6. The molecule has 1 atom stereocenters. The highest BCUT2D eigenvalue weighted by Gasteiger charge is 2.34. The molecule has 0 spiro atoms. The molecular weight excluding hydrogens is 258 g/mol. The Morgan fingerprint density at radius 3 is 2.75 bits per heavy atom. The second-order valence-electron chi connectivity index (χ2n) is 5.53. The van der Waals surface area contributed by atoms with Crippen molar-refractivity contribution in [1.82, 2.24) is 4.90 Å². The molecule has 20 heavy (non-hydrogen) atoms. The lowest BCUT2D eigenvalue weighted by Crippen LogP contribution is -2.52. The SMILES string of the molecule is Cc1ccc(OC[C@]2(O)CCCN(CC(=O)O)C2)cc1. The first-order valence-corrected chi connectivity index (χ1v) is 6.83. The number of piperidine rings is 1. The van der Waals surface area contributed by atoms with E-state index in [1.165, 1.54) is 0 Å². The molecule has 1 saturated heterocycles. The minimum Gasteiger partial charge on any atom is -0.491 e. The number of benzene rings is 1.